The molecular formula is C32H33N9O3. The molecule has 2 N–H and O–H groups in total. The molecule has 3 aliphatic carbocycles. The van der Waals surface area contributed by atoms with Gasteiger partial charge in [-0.25, -0.2) is 15.0 Å². The quantitative estimate of drug-likeness (QED) is 0.240. The van der Waals surface area contributed by atoms with E-state index in [2.05, 4.69) is 57.7 Å². The van der Waals surface area contributed by atoms with E-state index in [4.69, 9.17) is 20.9 Å². The molecule has 0 bridgehead atoms. The largest absolute Gasteiger partial charge is 0.479 e. The Labute approximate surface area is 253 Å². The molecule has 3 aliphatic rings. The standard InChI is InChI=1S/C32H33N9O3/c1-4-17-12-34-31(43-2)37-27(17)36-19-10-18(11-19)24-15-41(29-22(24)14-35-32(39-29)44-3)26-9-8-21(26)25-16-40(20-6-5-7-20)28-23(25)13-33-30(42)38-28/h1,12-16,18-21,26H,5-11H2,2-3H3,(H,33,38,42)(H,34,36,37). The minimum Gasteiger partial charge on any atom is -0.479 e. The summed E-state index contributed by atoms with van der Waals surface area (Å²) in [5.41, 5.74) is 4.82. The van der Waals surface area contributed by atoms with Crippen molar-refractivity contribution in [2.24, 2.45) is 0 Å². The number of aromatic hydroxyl groups is 1. The summed E-state index contributed by atoms with van der Waals surface area (Å²) in [6, 6.07) is 1.33. The molecule has 5 aromatic heterocycles. The number of nitrogens with one attached hydrogen (secondary N) is 1. The highest BCUT2D eigenvalue weighted by Gasteiger charge is 2.40. The van der Waals surface area contributed by atoms with E-state index in [0.29, 0.717) is 29.4 Å². The Balaban J connectivity index is 1.10. The average Bonchev–Trinajstić information content (AvgIpc) is 3.50. The van der Waals surface area contributed by atoms with Crippen molar-refractivity contribution < 1.29 is 14.6 Å². The van der Waals surface area contributed by atoms with Crippen LogP contribution in [0.4, 0.5) is 5.82 Å². The van der Waals surface area contributed by atoms with Gasteiger partial charge in [0.15, 0.2) is 0 Å². The molecule has 0 spiro atoms. The van der Waals surface area contributed by atoms with Crippen LogP contribution in [0.2, 0.25) is 0 Å². The Kier molecular flexibility index (Phi) is 6.29. The Morgan fingerprint density at radius 3 is 2.27 bits per heavy atom. The van der Waals surface area contributed by atoms with Crippen molar-refractivity contribution in [3.8, 4) is 30.4 Å². The lowest BCUT2D eigenvalue weighted by atomic mass is 9.74. The van der Waals surface area contributed by atoms with E-state index >= 15 is 0 Å². The van der Waals surface area contributed by atoms with Crippen LogP contribution in [0.1, 0.15) is 85.6 Å². The van der Waals surface area contributed by atoms with Crippen molar-refractivity contribution in [3.63, 3.8) is 0 Å². The Hall–Kier alpha value is -4.92. The van der Waals surface area contributed by atoms with Crippen LogP contribution in [0.15, 0.2) is 31.0 Å². The lowest BCUT2D eigenvalue weighted by molar-refractivity contribution is 0.260. The van der Waals surface area contributed by atoms with Gasteiger partial charge in [-0.3, -0.25) is 0 Å². The number of rotatable bonds is 8. The molecule has 0 saturated heterocycles. The van der Waals surface area contributed by atoms with Gasteiger partial charge in [0.2, 0.25) is 0 Å². The fourth-order valence-corrected chi connectivity index (χ4v) is 7.04. The average molecular weight is 592 g/mol. The van der Waals surface area contributed by atoms with Crippen LogP contribution in [0.25, 0.3) is 22.1 Å². The molecule has 224 valence electrons. The number of aromatic nitrogens is 8. The van der Waals surface area contributed by atoms with Gasteiger partial charge in [0, 0.05) is 59.6 Å². The maximum atomic E-state index is 10.1. The number of ether oxygens (including phenoxy) is 2. The number of fused-ring (bicyclic) bond motifs is 2. The third-order valence-corrected chi connectivity index (χ3v) is 9.84. The predicted octanol–water partition coefficient (Wildman–Crippen LogP) is 4.87. The van der Waals surface area contributed by atoms with Crippen LogP contribution in [-0.4, -0.2) is 64.4 Å². The van der Waals surface area contributed by atoms with E-state index in [1.54, 1.807) is 26.6 Å². The first kappa shape index (κ1) is 26.7. The first-order valence-corrected chi connectivity index (χ1v) is 15.2. The highest BCUT2D eigenvalue weighted by Crippen LogP contribution is 2.52. The fraction of sp³-hybridized carbons (Fsp3) is 0.438. The second-order valence-corrected chi connectivity index (χ2v) is 12.1. The fourth-order valence-electron chi connectivity index (χ4n) is 7.04. The van der Waals surface area contributed by atoms with Gasteiger partial charge in [-0.2, -0.15) is 15.0 Å². The zero-order valence-corrected chi connectivity index (χ0v) is 24.6. The molecule has 12 nitrogen and oxygen atoms in total. The summed E-state index contributed by atoms with van der Waals surface area (Å²) in [4.78, 5) is 26.5. The van der Waals surface area contributed by atoms with Crippen molar-refractivity contribution in [2.45, 2.75) is 74.9 Å². The molecule has 0 aliphatic heterocycles. The van der Waals surface area contributed by atoms with Crippen molar-refractivity contribution in [2.75, 3.05) is 19.5 Å². The molecule has 0 radical (unpaired) electrons. The van der Waals surface area contributed by atoms with Crippen LogP contribution in [0.3, 0.4) is 0 Å². The number of anilines is 1. The number of hydrogen-bond donors (Lipinski definition) is 2. The molecule has 8 rings (SSSR count). The summed E-state index contributed by atoms with van der Waals surface area (Å²) in [5, 5.41) is 15.7. The first-order chi connectivity index (χ1) is 21.5. The lowest BCUT2D eigenvalue weighted by Gasteiger charge is -2.38. The van der Waals surface area contributed by atoms with E-state index < -0.39 is 0 Å². The number of terminal acetylenes is 1. The van der Waals surface area contributed by atoms with Crippen LogP contribution in [-0.2, 0) is 0 Å². The van der Waals surface area contributed by atoms with Crippen molar-refractivity contribution in [1.82, 2.24) is 39.0 Å². The van der Waals surface area contributed by atoms with E-state index in [1.165, 1.54) is 17.5 Å². The summed E-state index contributed by atoms with van der Waals surface area (Å²) in [7, 11) is 3.14. The minimum absolute atomic E-state index is 0.180. The van der Waals surface area contributed by atoms with E-state index in [9.17, 15) is 5.11 Å². The summed E-state index contributed by atoms with van der Waals surface area (Å²) < 4.78 is 15.2. The van der Waals surface area contributed by atoms with E-state index in [1.807, 2.05) is 6.20 Å². The monoisotopic (exact) mass is 591 g/mol. The van der Waals surface area contributed by atoms with Gasteiger partial charge >= 0.3 is 18.0 Å². The van der Waals surface area contributed by atoms with Gasteiger partial charge in [0.1, 0.15) is 17.1 Å². The zero-order valence-electron chi connectivity index (χ0n) is 24.6. The topological polar surface area (TPSA) is 138 Å². The second-order valence-electron chi connectivity index (χ2n) is 12.1. The zero-order chi connectivity index (χ0) is 29.9. The third kappa shape index (κ3) is 4.21. The molecule has 2 unspecified atom stereocenters. The molecule has 5 aromatic rings. The Bertz CT molecular complexity index is 1930. The molecule has 5 heterocycles. The number of nitrogens with zero attached hydrogens (tertiary/aromatic N) is 8. The molecule has 0 amide bonds. The van der Waals surface area contributed by atoms with Gasteiger partial charge in [0.05, 0.1) is 26.0 Å². The molecule has 2 atom stereocenters. The maximum absolute atomic E-state index is 10.1. The molecular weight excluding hydrogens is 558 g/mol. The van der Waals surface area contributed by atoms with Crippen molar-refractivity contribution >= 4 is 27.9 Å². The van der Waals surface area contributed by atoms with Gasteiger partial charge in [-0.05, 0) is 62.0 Å². The first-order valence-electron chi connectivity index (χ1n) is 15.2. The molecule has 3 fully saturated rings. The summed E-state index contributed by atoms with van der Waals surface area (Å²) in [6.45, 7) is 0. The smallest absolute Gasteiger partial charge is 0.318 e. The second kappa shape index (κ2) is 10.4. The Morgan fingerprint density at radius 1 is 0.864 bits per heavy atom. The maximum Gasteiger partial charge on any atom is 0.318 e. The van der Waals surface area contributed by atoms with Gasteiger partial charge in [0.25, 0.3) is 0 Å². The molecule has 3 saturated carbocycles. The summed E-state index contributed by atoms with van der Waals surface area (Å²) >= 11 is 0. The van der Waals surface area contributed by atoms with Crippen molar-refractivity contribution in [3.05, 3.63) is 47.7 Å². The molecule has 44 heavy (non-hydrogen) atoms. The van der Waals surface area contributed by atoms with Gasteiger partial charge in [-0.1, -0.05) is 5.92 Å². The highest BCUT2D eigenvalue weighted by atomic mass is 16.5. The van der Waals surface area contributed by atoms with Crippen LogP contribution >= 0.6 is 0 Å². The van der Waals surface area contributed by atoms with Crippen molar-refractivity contribution in [1.29, 1.82) is 0 Å². The summed E-state index contributed by atoms with van der Waals surface area (Å²) in [5.74, 6) is 3.89. The highest BCUT2D eigenvalue weighted by molar-refractivity contribution is 5.83. The predicted molar refractivity (Wildman–Crippen MR) is 163 cm³/mol. The van der Waals surface area contributed by atoms with Crippen LogP contribution in [0, 0.1) is 12.3 Å². The lowest BCUT2D eigenvalue weighted by Crippen LogP contribution is -2.34. The summed E-state index contributed by atoms with van der Waals surface area (Å²) in [6.07, 6.45) is 22.9. The molecule has 12 heteroatoms. The Morgan fingerprint density at radius 2 is 1.57 bits per heavy atom. The van der Waals surface area contributed by atoms with Crippen LogP contribution < -0.4 is 14.8 Å². The number of hydrogen-bond acceptors (Lipinski definition) is 10. The van der Waals surface area contributed by atoms with E-state index in [0.717, 1.165) is 60.6 Å². The van der Waals surface area contributed by atoms with Crippen LogP contribution in [0.5, 0.6) is 18.0 Å². The third-order valence-electron chi connectivity index (χ3n) is 9.84. The van der Waals surface area contributed by atoms with E-state index in [-0.39, 0.29) is 30.0 Å². The SMILES string of the molecule is C#Cc1cnc(OC)nc1NC1CC(c2cn(C3CCC3c3cn(C4CCC4)c4nc(O)ncc34)c3nc(OC)ncc23)C1. The number of methoxy groups -OCH3 is 2. The minimum atomic E-state index is -0.180. The van der Waals surface area contributed by atoms with Gasteiger partial charge < -0.3 is 29.0 Å². The molecule has 0 aromatic carbocycles. The normalized spacial score (nSPS) is 23.0. The van der Waals surface area contributed by atoms with Gasteiger partial charge in [-0.15, -0.1) is 6.42 Å².